The first-order chi connectivity index (χ1) is 8.13. The summed E-state index contributed by atoms with van der Waals surface area (Å²) in [6, 6.07) is 0. The summed E-state index contributed by atoms with van der Waals surface area (Å²) in [5.41, 5.74) is 0. The van der Waals surface area contributed by atoms with Crippen LogP contribution in [0.25, 0.3) is 0 Å². The third kappa shape index (κ3) is 5.53. The predicted molar refractivity (Wildman–Crippen MR) is 71.9 cm³/mol. The van der Waals surface area contributed by atoms with E-state index in [1.54, 1.807) is 0 Å². The molecule has 1 aliphatic heterocycles. The van der Waals surface area contributed by atoms with Gasteiger partial charge in [-0.2, -0.15) is 0 Å². The SMILES string of the molecule is CNCCC1CCN(C(=O)CCC(C)C)CC1. The van der Waals surface area contributed by atoms with E-state index in [1.807, 2.05) is 7.05 Å². The molecule has 1 aliphatic rings. The molecule has 0 aromatic rings. The van der Waals surface area contributed by atoms with E-state index >= 15 is 0 Å². The number of amides is 1. The lowest BCUT2D eigenvalue weighted by atomic mass is 9.93. The maximum atomic E-state index is 11.9. The van der Waals surface area contributed by atoms with Crippen LogP contribution in [0.2, 0.25) is 0 Å². The molecule has 0 radical (unpaired) electrons. The molecule has 1 N–H and O–H groups in total. The Hall–Kier alpha value is -0.570. The van der Waals surface area contributed by atoms with Crippen molar-refractivity contribution < 1.29 is 4.79 Å². The highest BCUT2D eigenvalue weighted by atomic mass is 16.2. The lowest BCUT2D eigenvalue weighted by Gasteiger charge is -2.32. The first-order valence-corrected chi connectivity index (χ1v) is 7.05. The van der Waals surface area contributed by atoms with Crippen LogP contribution < -0.4 is 5.32 Å². The standard InChI is InChI=1S/C14H28N2O/c1-12(2)4-5-14(17)16-10-7-13(8-11-16)6-9-15-3/h12-13,15H,4-11H2,1-3H3. The van der Waals surface area contributed by atoms with Crippen LogP contribution >= 0.6 is 0 Å². The number of piperidine rings is 1. The Bertz CT molecular complexity index is 220. The molecule has 1 saturated heterocycles. The van der Waals surface area contributed by atoms with E-state index in [4.69, 9.17) is 0 Å². The van der Waals surface area contributed by atoms with Crippen LogP contribution in [-0.4, -0.2) is 37.5 Å². The average molecular weight is 240 g/mol. The van der Waals surface area contributed by atoms with Crippen LogP contribution in [0.4, 0.5) is 0 Å². The summed E-state index contributed by atoms with van der Waals surface area (Å²) >= 11 is 0. The topological polar surface area (TPSA) is 32.3 Å². The van der Waals surface area contributed by atoms with Gasteiger partial charge in [0, 0.05) is 19.5 Å². The van der Waals surface area contributed by atoms with Crippen molar-refractivity contribution in [3.63, 3.8) is 0 Å². The van der Waals surface area contributed by atoms with E-state index < -0.39 is 0 Å². The van der Waals surface area contributed by atoms with Crippen LogP contribution in [0, 0.1) is 11.8 Å². The van der Waals surface area contributed by atoms with Crippen molar-refractivity contribution in [3.05, 3.63) is 0 Å². The second kappa shape index (κ2) is 7.70. The fourth-order valence-electron chi connectivity index (χ4n) is 2.39. The van der Waals surface area contributed by atoms with Crippen molar-refractivity contribution in [3.8, 4) is 0 Å². The molecule has 17 heavy (non-hydrogen) atoms. The Morgan fingerprint density at radius 3 is 2.53 bits per heavy atom. The molecule has 3 nitrogen and oxygen atoms in total. The van der Waals surface area contributed by atoms with Gasteiger partial charge in [0.2, 0.25) is 5.91 Å². The highest BCUT2D eigenvalue weighted by Crippen LogP contribution is 2.21. The van der Waals surface area contributed by atoms with Gasteiger partial charge < -0.3 is 10.2 Å². The third-order valence-corrected chi connectivity index (χ3v) is 3.71. The average Bonchev–Trinajstić information content (AvgIpc) is 2.34. The van der Waals surface area contributed by atoms with E-state index in [-0.39, 0.29) is 0 Å². The molecule has 0 aromatic heterocycles. The Morgan fingerprint density at radius 2 is 2.00 bits per heavy atom. The fourth-order valence-corrected chi connectivity index (χ4v) is 2.39. The Morgan fingerprint density at radius 1 is 1.35 bits per heavy atom. The van der Waals surface area contributed by atoms with Crippen LogP contribution in [0.3, 0.4) is 0 Å². The zero-order chi connectivity index (χ0) is 12.7. The van der Waals surface area contributed by atoms with Gasteiger partial charge in [-0.3, -0.25) is 4.79 Å². The van der Waals surface area contributed by atoms with Crippen molar-refractivity contribution in [2.75, 3.05) is 26.7 Å². The summed E-state index contributed by atoms with van der Waals surface area (Å²) in [4.78, 5) is 14.0. The van der Waals surface area contributed by atoms with Crippen molar-refractivity contribution >= 4 is 5.91 Å². The van der Waals surface area contributed by atoms with Crippen molar-refractivity contribution in [2.45, 2.75) is 46.0 Å². The summed E-state index contributed by atoms with van der Waals surface area (Å²) in [6.45, 7) is 7.41. The first kappa shape index (κ1) is 14.5. The minimum Gasteiger partial charge on any atom is -0.343 e. The Balaban J connectivity index is 2.19. The van der Waals surface area contributed by atoms with E-state index in [0.29, 0.717) is 11.8 Å². The van der Waals surface area contributed by atoms with Crippen molar-refractivity contribution in [2.24, 2.45) is 11.8 Å². The predicted octanol–water partition coefficient (Wildman–Crippen LogP) is 2.27. The molecule has 3 heteroatoms. The van der Waals surface area contributed by atoms with Crippen molar-refractivity contribution in [1.82, 2.24) is 10.2 Å². The lowest BCUT2D eigenvalue weighted by Crippen LogP contribution is -2.38. The number of nitrogens with one attached hydrogen (secondary N) is 1. The second-order valence-electron chi connectivity index (χ2n) is 5.65. The third-order valence-electron chi connectivity index (χ3n) is 3.71. The van der Waals surface area contributed by atoms with Gasteiger partial charge in [-0.1, -0.05) is 13.8 Å². The molecule has 0 aromatic carbocycles. The maximum Gasteiger partial charge on any atom is 0.222 e. The molecule has 100 valence electrons. The minimum absolute atomic E-state index is 0.366. The van der Waals surface area contributed by atoms with Crippen LogP contribution in [0.1, 0.15) is 46.0 Å². The number of carbonyl (C=O) groups is 1. The highest BCUT2D eigenvalue weighted by molar-refractivity contribution is 5.76. The number of carbonyl (C=O) groups excluding carboxylic acids is 1. The summed E-state index contributed by atoms with van der Waals surface area (Å²) in [5.74, 6) is 1.81. The molecule has 0 bridgehead atoms. The van der Waals surface area contributed by atoms with Gasteiger partial charge in [0.1, 0.15) is 0 Å². The van der Waals surface area contributed by atoms with E-state index in [0.717, 1.165) is 38.4 Å². The van der Waals surface area contributed by atoms with E-state index in [9.17, 15) is 4.79 Å². The minimum atomic E-state index is 0.366. The Labute approximate surface area is 106 Å². The molecule has 0 spiro atoms. The summed E-state index contributed by atoms with van der Waals surface area (Å²) in [7, 11) is 2.00. The van der Waals surface area contributed by atoms with Gasteiger partial charge >= 0.3 is 0 Å². The fraction of sp³-hybridized carbons (Fsp3) is 0.929. The maximum absolute atomic E-state index is 11.9. The van der Waals surface area contributed by atoms with Gasteiger partial charge in [-0.05, 0) is 51.1 Å². The molecular weight excluding hydrogens is 212 g/mol. The number of likely N-dealkylation sites (tertiary alicyclic amines) is 1. The molecule has 1 rings (SSSR count). The monoisotopic (exact) mass is 240 g/mol. The zero-order valence-corrected chi connectivity index (χ0v) is 11.7. The van der Waals surface area contributed by atoms with Gasteiger partial charge in [0.15, 0.2) is 0 Å². The van der Waals surface area contributed by atoms with Crippen LogP contribution in [0.5, 0.6) is 0 Å². The molecule has 0 saturated carbocycles. The number of rotatable bonds is 6. The van der Waals surface area contributed by atoms with Gasteiger partial charge in [-0.25, -0.2) is 0 Å². The van der Waals surface area contributed by atoms with E-state index in [2.05, 4.69) is 24.1 Å². The van der Waals surface area contributed by atoms with Gasteiger partial charge in [0.25, 0.3) is 0 Å². The summed E-state index contributed by atoms with van der Waals surface area (Å²) < 4.78 is 0. The quantitative estimate of drug-likeness (QED) is 0.772. The molecule has 0 aliphatic carbocycles. The summed E-state index contributed by atoms with van der Waals surface area (Å²) in [5, 5.41) is 3.20. The first-order valence-electron chi connectivity index (χ1n) is 7.05. The zero-order valence-electron chi connectivity index (χ0n) is 11.7. The molecular formula is C14H28N2O. The lowest BCUT2D eigenvalue weighted by molar-refractivity contribution is -0.132. The van der Waals surface area contributed by atoms with Gasteiger partial charge in [0.05, 0.1) is 0 Å². The Kier molecular flexibility index (Phi) is 6.56. The van der Waals surface area contributed by atoms with E-state index in [1.165, 1.54) is 19.3 Å². The normalized spacial score (nSPS) is 17.8. The molecule has 1 fully saturated rings. The molecule has 0 unspecified atom stereocenters. The van der Waals surface area contributed by atoms with Gasteiger partial charge in [-0.15, -0.1) is 0 Å². The molecule has 1 amide bonds. The number of hydrogen-bond acceptors (Lipinski definition) is 2. The van der Waals surface area contributed by atoms with Crippen LogP contribution in [0.15, 0.2) is 0 Å². The van der Waals surface area contributed by atoms with Crippen LogP contribution in [-0.2, 0) is 4.79 Å². The summed E-state index contributed by atoms with van der Waals surface area (Å²) in [6.07, 6.45) is 5.39. The van der Waals surface area contributed by atoms with Crippen molar-refractivity contribution in [1.29, 1.82) is 0 Å². The number of nitrogens with zero attached hydrogens (tertiary/aromatic N) is 1. The molecule has 1 heterocycles. The second-order valence-corrected chi connectivity index (χ2v) is 5.65. The molecule has 0 atom stereocenters. The number of hydrogen-bond donors (Lipinski definition) is 1. The smallest absolute Gasteiger partial charge is 0.222 e. The largest absolute Gasteiger partial charge is 0.343 e. The highest BCUT2D eigenvalue weighted by Gasteiger charge is 2.22.